The lowest BCUT2D eigenvalue weighted by atomic mass is 10.1. The molecule has 0 aliphatic heterocycles. The van der Waals surface area contributed by atoms with E-state index in [-0.39, 0.29) is 11.6 Å². The third-order valence-electron chi connectivity index (χ3n) is 3.75. The number of pyridine rings is 2. The molecular weight excluding hydrogens is 363 g/mol. The van der Waals surface area contributed by atoms with Crippen molar-refractivity contribution in [2.75, 3.05) is 12.3 Å². The molecule has 0 spiro atoms. The number of aliphatic hydroxyl groups excluding tert-OH is 1. The van der Waals surface area contributed by atoms with Crippen molar-refractivity contribution in [3.05, 3.63) is 48.2 Å². The fraction of sp³-hybridized carbons (Fsp3) is 0.222. The predicted molar refractivity (Wildman–Crippen MR) is 92.7 cm³/mol. The molecule has 3 rings (SSSR count). The summed E-state index contributed by atoms with van der Waals surface area (Å²) in [6.07, 6.45) is -4.58. The number of ether oxygens (including phenoxy) is 2. The highest BCUT2D eigenvalue weighted by atomic mass is 19.4. The Kier molecular flexibility index (Phi) is 5.15. The minimum absolute atomic E-state index is 0.127. The molecule has 142 valence electrons. The lowest BCUT2D eigenvalue weighted by molar-refractivity contribution is -0.274. The average Bonchev–Trinajstić information content (AvgIpc) is 2.61. The topological polar surface area (TPSA) is 90.5 Å². The minimum Gasteiger partial charge on any atom is -0.406 e. The number of halogens is 3. The van der Waals surface area contributed by atoms with Crippen molar-refractivity contribution in [2.45, 2.75) is 19.6 Å². The van der Waals surface area contributed by atoms with Gasteiger partial charge in [0.2, 0.25) is 0 Å². The molecule has 0 fully saturated rings. The zero-order chi connectivity index (χ0) is 19.6. The zero-order valence-corrected chi connectivity index (χ0v) is 14.2. The van der Waals surface area contributed by atoms with Gasteiger partial charge in [-0.15, -0.1) is 13.2 Å². The van der Waals surface area contributed by atoms with Gasteiger partial charge >= 0.3 is 6.36 Å². The number of hydrogen-bond acceptors (Lipinski definition) is 6. The first kappa shape index (κ1) is 18.9. The Labute approximate surface area is 152 Å². The van der Waals surface area contributed by atoms with Crippen molar-refractivity contribution >= 4 is 16.7 Å². The molecule has 2 aromatic heterocycles. The van der Waals surface area contributed by atoms with E-state index in [9.17, 15) is 18.3 Å². The number of alkyl halides is 3. The quantitative estimate of drug-likeness (QED) is 0.655. The molecule has 27 heavy (non-hydrogen) atoms. The normalized spacial score (nSPS) is 12.9. The number of aliphatic hydroxyl groups is 1. The van der Waals surface area contributed by atoms with Crippen molar-refractivity contribution in [3.8, 4) is 17.0 Å². The number of hydrogen-bond donors (Lipinski definition) is 2. The molecule has 0 saturated carbocycles. The lowest BCUT2D eigenvalue weighted by Crippen LogP contribution is -2.17. The lowest BCUT2D eigenvalue weighted by Gasteiger charge is -2.14. The monoisotopic (exact) mass is 379 g/mol. The Hall–Kier alpha value is -2.91. The van der Waals surface area contributed by atoms with E-state index >= 15 is 0 Å². The second-order valence-corrected chi connectivity index (χ2v) is 5.57. The first-order chi connectivity index (χ1) is 12.8. The maximum Gasteiger partial charge on any atom is 0.573 e. The van der Waals surface area contributed by atoms with E-state index < -0.39 is 12.7 Å². The Balaban J connectivity index is 2.05. The maximum absolute atomic E-state index is 12.4. The molecule has 0 radical (unpaired) electrons. The average molecular weight is 379 g/mol. The van der Waals surface area contributed by atoms with Crippen LogP contribution in [0.2, 0.25) is 0 Å². The minimum atomic E-state index is -4.78. The highest BCUT2D eigenvalue weighted by molar-refractivity contribution is 5.91. The molecule has 3 aromatic rings. The number of fused-ring (bicyclic) bond motifs is 1. The van der Waals surface area contributed by atoms with Gasteiger partial charge in [-0.05, 0) is 31.2 Å². The number of anilines is 1. The number of aromatic nitrogens is 2. The molecule has 0 bridgehead atoms. The van der Waals surface area contributed by atoms with Crippen LogP contribution in [-0.4, -0.2) is 28.0 Å². The third-order valence-corrected chi connectivity index (χ3v) is 3.75. The molecule has 0 aliphatic carbocycles. The standard InChI is InChI=1S/C18H16F3N3O3/c1-2-26-17(25)13-9-23-16(22)15-12(13)6-7-14(24-15)10-4-3-5-11(8-10)27-18(19,20)21/h3-9,17,25H,2H2,1H3,(H2,22,23). The van der Waals surface area contributed by atoms with Crippen LogP contribution in [0.1, 0.15) is 18.8 Å². The summed E-state index contributed by atoms with van der Waals surface area (Å²) in [5, 5.41) is 10.6. The van der Waals surface area contributed by atoms with Crippen LogP contribution >= 0.6 is 0 Å². The van der Waals surface area contributed by atoms with Gasteiger partial charge < -0.3 is 20.3 Å². The molecule has 2 heterocycles. The van der Waals surface area contributed by atoms with Gasteiger partial charge in [-0.1, -0.05) is 12.1 Å². The molecule has 3 N–H and O–H groups in total. The second-order valence-electron chi connectivity index (χ2n) is 5.57. The summed E-state index contributed by atoms with van der Waals surface area (Å²) >= 11 is 0. The van der Waals surface area contributed by atoms with Gasteiger partial charge in [0.1, 0.15) is 17.1 Å². The molecular formula is C18H16F3N3O3. The Bertz CT molecular complexity index is 963. The highest BCUT2D eigenvalue weighted by Gasteiger charge is 2.31. The van der Waals surface area contributed by atoms with Gasteiger partial charge in [0.05, 0.1) is 5.69 Å². The molecule has 1 atom stereocenters. The van der Waals surface area contributed by atoms with Gasteiger partial charge in [-0.2, -0.15) is 0 Å². The Morgan fingerprint density at radius 1 is 1.22 bits per heavy atom. The van der Waals surface area contributed by atoms with E-state index in [1.807, 2.05) is 0 Å². The molecule has 0 aliphatic rings. The van der Waals surface area contributed by atoms with Gasteiger partial charge in [0.25, 0.3) is 0 Å². The van der Waals surface area contributed by atoms with E-state index in [1.54, 1.807) is 25.1 Å². The fourth-order valence-corrected chi connectivity index (χ4v) is 2.61. The Morgan fingerprint density at radius 3 is 2.70 bits per heavy atom. The summed E-state index contributed by atoms with van der Waals surface area (Å²) in [6, 6.07) is 8.72. The summed E-state index contributed by atoms with van der Waals surface area (Å²) in [4.78, 5) is 8.41. The van der Waals surface area contributed by atoms with Crippen LogP contribution < -0.4 is 10.5 Å². The number of rotatable bonds is 5. The van der Waals surface area contributed by atoms with Crippen molar-refractivity contribution in [3.63, 3.8) is 0 Å². The fourth-order valence-electron chi connectivity index (χ4n) is 2.61. The molecule has 0 saturated heterocycles. The van der Waals surface area contributed by atoms with E-state index in [0.717, 1.165) is 0 Å². The van der Waals surface area contributed by atoms with Crippen LogP contribution in [0, 0.1) is 0 Å². The largest absolute Gasteiger partial charge is 0.573 e. The number of nitrogens with zero attached hydrogens (tertiary/aromatic N) is 2. The maximum atomic E-state index is 12.4. The molecule has 9 heteroatoms. The number of nitrogens with two attached hydrogens (primary N) is 1. The molecule has 6 nitrogen and oxygen atoms in total. The summed E-state index contributed by atoms with van der Waals surface area (Å²) in [7, 11) is 0. The molecule has 0 amide bonds. The Morgan fingerprint density at radius 2 is 2.00 bits per heavy atom. The van der Waals surface area contributed by atoms with Crippen LogP contribution in [-0.2, 0) is 4.74 Å². The summed E-state index contributed by atoms with van der Waals surface area (Å²) in [6.45, 7) is 2.03. The van der Waals surface area contributed by atoms with E-state index in [2.05, 4.69) is 14.7 Å². The second kappa shape index (κ2) is 7.37. The van der Waals surface area contributed by atoms with Crippen LogP contribution in [0.25, 0.3) is 22.2 Å². The van der Waals surface area contributed by atoms with E-state index in [1.165, 1.54) is 24.4 Å². The molecule has 1 unspecified atom stereocenters. The van der Waals surface area contributed by atoms with Gasteiger partial charge in [-0.3, -0.25) is 0 Å². The summed E-state index contributed by atoms with van der Waals surface area (Å²) < 4.78 is 46.4. The van der Waals surface area contributed by atoms with Crippen molar-refractivity contribution < 1.29 is 27.8 Å². The molecule has 1 aromatic carbocycles. The SMILES string of the molecule is CCOC(O)c1cnc(N)c2nc(-c3cccc(OC(F)(F)F)c3)ccc12. The van der Waals surface area contributed by atoms with Crippen molar-refractivity contribution in [2.24, 2.45) is 0 Å². The zero-order valence-electron chi connectivity index (χ0n) is 14.2. The summed E-state index contributed by atoms with van der Waals surface area (Å²) in [5.41, 5.74) is 7.39. The van der Waals surface area contributed by atoms with Crippen LogP contribution in [0.5, 0.6) is 5.75 Å². The number of nitrogen functional groups attached to an aromatic ring is 1. The van der Waals surface area contributed by atoms with Gasteiger partial charge in [0.15, 0.2) is 6.29 Å². The van der Waals surface area contributed by atoms with E-state index in [0.29, 0.717) is 34.3 Å². The van der Waals surface area contributed by atoms with Crippen LogP contribution in [0.3, 0.4) is 0 Å². The van der Waals surface area contributed by atoms with Gasteiger partial charge in [-0.25, -0.2) is 9.97 Å². The predicted octanol–water partition coefficient (Wildman–Crippen LogP) is 3.81. The van der Waals surface area contributed by atoms with Crippen molar-refractivity contribution in [1.29, 1.82) is 0 Å². The first-order valence-electron chi connectivity index (χ1n) is 7.99. The highest BCUT2D eigenvalue weighted by Crippen LogP contribution is 2.31. The van der Waals surface area contributed by atoms with Crippen LogP contribution in [0.4, 0.5) is 19.0 Å². The smallest absolute Gasteiger partial charge is 0.406 e. The van der Waals surface area contributed by atoms with Gasteiger partial charge in [0, 0.05) is 29.3 Å². The third kappa shape index (κ3) is 4.26. The summed E-state index contributed by atoms with van der Waals surface area (Å²) in [5.74, 6) is -0.226. The van der Waals surface area contributed by atoms with Crippen molar-refractivity contribution in [1.82, 2.24) is 9.97 Å². The van der Waals surface area contributed by atoms with Crippen LogP contribution in [0.15, 0.2) is 42.6 Å². The number of benzene rings is 1. The first-order valence-corrected chi connectivity index (χ1v) is 7.99. The van der Waals surface area contributed by atoms with E-state index in [4.69, 9.17) is 10.5 Å².